The summed E-state index contributed by atoms with van der Waals surface area (Å²) in [6, 6.07) is 11.9. The first-order chi connectivity index (χ1) is 17.4. The molecule has 3 aromatic rings. The number of ether oxygens (including phenoxy) is 3. The summed E-state index contributed by atoms with van der Waals surface area (Å²) in [5.74, 6) is -2.10. The van der Waals surface area contributed by atoms with Crippen LogP contribution in [0.5, 0.6) is 5.75 Å². The van der Waals surface area contributed by atoms with Gasteiger partial charge in [-0.25, -0.2) is 19.0 Å². The molecule has 1 N–H and O–H groups in total. The van der Waals surface area contributed by atoms with Crippen LogP contribution in [0.25, 0.3) is 11.1 Å². The van der Waals surface area contributed by atoms with E-state index >= 15 is 4.39 Å². The summed E-state index contributed by atoms with van der Waals surface area (Å²) in [6.45, 7) is 8.42. The van der Waals surface area contributed by atoms with Crippen LogP contribution in [0.1, 0.15) is 62.2 Å². The number of hydrogen-bond acceptors (Lipinski definition) is 6. The van der Waals surface area contributed by atoms with E-state index in [1.807, 2.05) is 0 Å². The highest BCUT2D eigenvalue weighted by Gasteiger charge is 2.28. The SMILES string of the molecule is COC(=O)c1c(C(C)C)nc(F)c(COc2ccccc2NC(=O)OC(C)(C)C)c1-c1ccc(F)cc1. The Kier molecular flexibility index (Phi) is 8.47. The van der Waals surface area contributed by atoms with Crippen LogP contribution in [0.15, 0.2) is 48.5 Å². The summed E-state index contributed by atoms with van der Waals surface area (Å²) < 4.78 is 45.4. The van der Waals surface area contributed by atoms with E-state index in [4.69, 9.17) is 14.2 Å². The molecule has 3 rings (SSSR count). The van der Waals surface area contributed by atoms with Crippen molar-refractivity contribution >= 4 is 17.7 Å². The Morgan fingerprint density at radius 2 is 1.68 bits per heavy atom. The van der Waals surface area contributed by atoms with Crippen molar-refractivity contribution < 1.29 is 32.6 Å². The molecule has 37 heavy (non-hydrogen) atoms. The van der Waals surface area contributed by atoms with E-state index in [0.717, 1.165) is 0 Å². The van der Waals surface area contributed by atoms with Crippen LogP contribution in [-0.4, -0.2) is 29.8 Å². The minimum Gasteiger partial charge on any atom is -0.487 e. The molecule has 1 amide bonds. The largest absolute Gasteiger partial charge is 0.487 e. The lowest BCUT2D eigenvalue weighted by Gasteiger charge is -2.21. The van der Waals surface area contributed by atoms with Crippen LogP contribution in [0, 0.1) is 11.8 Å². The first kappa shape index (κ1) is 27.6. The summed E-state index contributed by atoms with van der Waals surface area (Å²) in [5, 5.41) is 2.62. The van der Waals surface area contributed by atoms with Crippen molar-refractivity contribution in [3.63, 3.8) is 0 Å². The number of pyridine rings is 1. The lowest BCUT2D eigenvalue weighted by molar-refractivity contribution is 0.0596. The quantitative estimate of drug-likeness (QED) is 0.275. The molecule has 0 spiro atoms. The third-order valence-corrected chi connectivity index (χ3v) is 5.24. The highest BCUT2D eigenvalue weighted by molar-refractivity contribution is 5.99. The summed E-state index contributed by atoms with van der Waals surface area (Å²) >= 11 is 0. The van der Waals surface area contributed by atoms with Crippen LogP contribution < -0.4 is 10.1 Å². The van der Waals surface area contributed by atoms with Gasteiger partial charge < -0.3 is 14.2 Å². The lowest BCUT2D eigenvalue weighted by Crippen LogP contribution is -2.27. The number of carbonyl (C=O) groups is 2. The molecule has 0 aliphatic rings. The molecule has 9 heteroatoms. The molecule has 1 aromatic heterocycles. The van der Waals surface area contributed by atoms with E-state index in [0.29, 0.717) is 11.3 Å². The van der Waals surface area contributed by atoms with Crippen molar-refractivity contribution in [2.75, 3.05) is 12.4 Å². The Bertz CT molecular complexity index is 1280. The van der Waals surface area contributed by atoms with Crippen LogP contribution >= 0.6 is 0 Å². The van der Waals surface area contributed by atoms with E-state index in [-0.39, 0.29) is 40.7 Å². The van der Waals surface area contributed by atoms with Gasteiger partial charge in [-0.2, -0.15) is 4.39 Å². The number of hydrogen-bond donors (Lipinski definition) is 1. The van der Waals surface area contributed by atoms with Gasteiger partial charge in [-0.05, 0) is 56.5 Å². The van der Waals surface area contributed by atoms with Crippen LogP contribution in [0.2, 0.25) is 0 Å². The number of nitrogens with zero attached hydrogens (tertiary/aromatic N) is 1. The minimum atomic E-state index is -0.840. The molecule has 0 radical (unpaired) electrons. The van der Waals surface area contributed by atoms with Crippen molar-refractivity contribution in [2.45, 2.75) is 52.7 Å². The molecule has 0 unspecified atom stereocenters. The highest BCUT2D eigenvalue weighted by atomic mass is 19.1. The Morgan fingerprint density at radius 3 is 2.27 bits per heavy atom. The maximum Gasteiger partial charge on any atom is 0.412 e. The Morgan fingerprint density at radius 1 is 1.03 bits per heavy atom. The number of aromatic nitrogens is 1. The van der Waals surface area contributed by atoms with Gasteiger partial charge in [0.05, 0.1) is 29.6 Å². The fraction of sp³-hybridized carbons (Fsp3) is 0.321. The number of carbonyl (C=O) groups excluding carboxylic acids is 2. The second kappa shape index (κ2) is 11.4. The first-order valence-corrected chi connectivity index (χ1v) is 11.7. The van der Waals surface area contributed by atoms with Crippen molar-refractivity contribution in [3.8, 4) is 16.9 Å². The summed E-state index contributed by atoms with van der Waals surface area (Å²) in [4.78, 5) is 29.2. The summed E-state index contributed by atoms with van der Waals surface area (Å²) in [6.07, 6.45) is -0.683. The zero-order valence-electron chi connectivity index (χ0n) is 21.6. The third-order valence-electron chi connectivity index (χ3n) is 5.24. The normalized spacial score (nSPS) is 11.3. The fourth-order valence-corrected chi connectivity index (χ4v) is 3.66. The zero-order chi connectivity index (χ0) is 27.3. The molecule has 0 atom stereocenters. The van der Waals surface area contributed by atoms with Gasteiger partial charge in [-0.1, -0.05) is 38.1 Å². The fourth-order valence-electron chi connectivity index (χ4n) is 3.66. The molecule has 0 bridgehead atoms. The van der Waals surface area contributed by atoms with Gasteiger partial charge in [-0.3, -0.25) is 5.32 Å². The predicted molar refractivity (Wildman–Crippen MR) is 136 cm³/mol. The Balaban J connectivity index is 2.08. The number of para-hydroxylation sites is 2. The molecule has 0 saturated heterocycles. The number of rotatable bonds is 7. The van der Waals surface area contributed by atoms with E-state index in [9.17, 15) is 14.0 Å². The number of esters is 1. The number of anilines is 1. The van der Waals surface area contributed by atoms with Crippen LogP contribution in [-0.2, 0) is 16.1 Å². The van der Waals surface area contributed by atoms with Gasteiger partial charge in [-0.15, -0.1) is 0 Å². The molecule has 0 aliphatic carbocycles. The van der Waals surface area contributed by atoms with E-state index < -0.39 is 29.4 Å². The standard InChI is InChI=1S/C28H30F2N2O5/c1-16(2)24-23(26(33)35-6)22(17-11-13-18(29)14-12-17)19(25(30)32-24)15-36-21-10-8-7-9-20(21)31-27(34)37-28(3,4)5/h7-14,16H,15H2,1-6H3,(H,31,34). The summed E-state index contributed by atoms with van der Waals surface area (Å²) in [7, 11) is 1.22. The molecular weight excluding hydrogens is 482 g/mol. The monoisotopic (exact) mass is 512 g/mol. The molecule has 2 aromatic carbocycles. The maximum atomic E-state index is 15.5. The van der Waals surface area contributed by atoms with Gasteiger partial charge in [0.25, 0.3) is 0 Å². The van der Waals surface area contributed by atoms with E-state index in [2.05, 4.69) is 10.3 Å². The number of nitrogens with one attached hydrogen (secondary N) is 1. The van der Waals surface area contributed by atoms with Crippen molar-refractivity contribution in [1.29, 1.82) is 0 Å². The van der Waals surface area contributed by atoms with Gasteiger partial charge in [0.2, 0.25) is 5.95 Å². The molecular formula is C28H30F2N2O5. The number of benzene rings is 2. The minimum absolute atomic E-state index is 0.0246. The lowest BCUT2D eigenvalue weighted by atomic mass is 9.91. The van der Waals surface area contributed by atoms with Crippen molar-refractivity contribution in [1.82, 2.24) is 4.98 Å². The van der Waals surface area contributed by atoms with Gasteiger partial charge in [0, 0.05) is 5.56 Å². The van der Waals surface area contributed by atoms with Gasteiger partial charge in [0.1, 0.15) is 23.8 Å². The first-order valence-electron chi connectivity index (χ1n) is 11.7. The van der Waals surface area contributed by atoms with E-state index in [1.165, 1.54) is 31.4 Å². The average Bonchev–Trinajstić information content (AvgIpc) is 2.82. The van der Waals surface area contributed by atoms with Crippen LogP contribution in [0.4, 0.5) is 19.3 Å². The zero-order valence-corrected chi connectivity index (χ0v) is 21.6. The molecule has 0 aliphatic heterocycles. The van der Waals surface area contributed by atoms with Crippen molar-refractivity contribution in [3.05, 3.63) is 77.1 Å². The molecule has 1 heterocycles. The van der Waals surface area contributed by atoms with E-state index in [1.54, 1.807) is 58.9 Å². The molecule has 7 nitrogen and oxygen atoms in total. The number of halogens is 2. The van der Waals surface area contributed by atoms with Gasteiger partial charge in [0.15, 0.2) is 0 Å². The van der Waals surface area contributed by atoms with Crippen molar-refractivity contribution in [2.24, 2.45) is 0 Å². The number of amides is 1. The second-order valence-electron chi connectivity index (χ2n) is 9.58. The Labute approximate surface area is 214 Å². The van der Waals surface area contributed by atoms with Crippen LogP contribution in [0.3, 0.4) is 0 Å². The third kappa shape index (κ3) is 6.81. The maximum absolute atomic E-state index is 15.5. The summed E-state index contributed by atoms with van der Waals surface area (Å²) in [5.41, 5.74) is 0.443. The molecule has 0 fully saturated rings. The predicted octanol–water partition coefficient (Wildman–Crippen LogP) is 6.86. The molecule has 0 saturated carbocycles. The highest BCUT2D eigenvalue weighted by Crippen LogP contribution is 2.36. The van der Waals surface area contributed by atoms with Gasteiger partial charge >= 0.3 is 12.1 Å². The smallest absolute Gasteiger partial charge is 0.412 e. The Hall–Kier alpha value is -4.01. The number of methoxy groups -OCH3 is 1. The average molecular weight is 513 g/mol. The second-order valence-corrected chi connectivity index (χ2v) is 9.58. The molecule has 196 valence electrons. The topological polar surface area (TPSA) is 86.8 Å².